The first-order chi connectivity index (χ1) is 32.7. The van der Waals surface area contributed by atoms with Gasteiger partial charge < -0.3 is 4.48 Å². The van der Waals surface area contributed by atoms with Gasteiger partial charge in [0.25, 0.3) is 0 Å². The summed E-state index contributed by atoms with van der Waals surface area (Å²) in [7, 11) is 0. The molecule has 10 aromatic rings. The van der Waals surface area contributed by atoms with Crippen LogP contribution in [0.4, 0.5) is 0 Å². The number of fused-ring (bicyclic) bond motifs is 7. The van der Waals surface area contributed by atoms with Gasteiger partial charge in [0, 0.05) is 22.3 Å². The van der Waals surface area contributed by atoms with E-state index in [9.17, 15) is 0 Å². The summed E-state index contributed by atoms with van der Waals surface area (Å²) in [5.41, 5.74) is 21.1. The molecule has 0 aliphatic carbocycles. The molecule has 0 atom stereocenters. The minimum atomic E-state index is 0.994. The van der Waals surface area contributed by atoms with Crippen LogP contribution in [-0.2, 0) is 13.1 Å². The molecular formula is C65H54N+. The molecule has 2 heterocycles. The zero-order valence-corrected chi connectivity index (χ0v) is 37.6. The number of rotatable bonds is 6. The molecule has 1 spiro atoms. The van der Waals surface area contributed by atoms with Crippen LogP contribution in [0.2, 0.25) is 0 Å². The lowest BCUT2D eigenvalue weighted by molar-refractivity contribution is -0.954. The van der Waals surface area contributed by atoms with Crippen LogP contribution in [0, 0.1) is 0 Å². The van der Waals surface area contributed by atoms with Gasteiger partial charge in [-0.05, 0) is 163 Å². The van der Waals surface area contributed by atoms with Crippen molar-refractivity contribution in [1.82, 2.24) is 0 Å². The Balaban J connectivity index is 1.20. The lowest BCUT2D eigenvalue weighted by Crippen LogP contribution is -2.48. The molecule has 10 aromatic carbocycles. The van der Waals surface area contributed by atoms with Gasteiger partial charge in [-0.1, -0.05) is 176 Å². The van der Waals surface area contributed by atoms with Crippen molar-refractivity contribution in [3.05, 3.63) is 230 Å². The van der Waals surface area contributed by atoms with E-state index in [1.54, 1.807) is 0 Å². The molecule has 2 aliphatic rings. The molecule has 0 aromatic heterocycles. The van der Waals surface area contributed by atoms with Crippen molar-refractivity contribution in [2.75, 3.05) is 13.1 Å². The highest BCUT2D eigenvalue weighted by Crippen LogP contribution is 2.51. The minimum absolute atomic E-state index is 0.994. The molecule has 12 rings (SSSR count). The Labute approximate surface area is 389 Å². The molecule has 1 fully saturated rings. The summed E-state index contributed by atoms with van der Waals surface area (Å²) in [6.45, 7) is 4.34. The summed E-state index contributed by atoms with van der Waals surface area (Å²) >= 11 is 0. The van der Waals surface area contributed by atoms with E-state index in [1.165, 1.54) is 156 Å². The fourth-order valence-corrected chi connectivity index (χ4v) is 11.5. The molecule has 0 radical (unpaired) electrons. The van der Waals surface area contributed by atoms with E-state index in [0.29, 0.717) is 0 Å². The van der Waals surface area contributed by atoms with Crippen LogP contribution in [0.1, 0.15) is 43.2 Å². The molecule has 0 unspecified atom stereocenters. The van der Waals surface area contributed by atoms with Gasteiger partial charge in [-0.15, -0.1) is 0 Å². The second kappa shape index (κ2) is 17.2. The van der Waals surface area contributed by atoms with Crippen LogP contribution in [0.25, 0.3) is 99.4 Å². The fourth-order valence-electron chi connectivity index (χ4n) is 11.5. The summed E-state index contributed by atoms with van der Waals surface area (Å²) in [4.78, 5) is 0. The van der Waals surface area contributed by atoms with Crippen LogP contribution in [0.15, 0.2) is 218 Å². The molecular weight excluding hydrogens is 795 g/mol. The summed E-state index contributed by atoms with van der Waals surface area (Å²) < 4.78 is 1.06. The average Bonchev–Trinajstić information content (AvgIpc) is 3.53. The maximum atomic E-state index is 2.54. The Morgan fingerprint density at radius 3 is 0.924 bits per heavy atom. The predicted octanol–water partition coefficient (Wildman–Crippen LogP) is 17.5. The van der Waals surface area contributed by atoms with Crippen molar-refractivity contribution in [2.24, 2.45) is 0 Å². The summed E-state index contributed by atoms with van der Waals surface area (Å²) in [6.07, 6.45) is 6.43. The monoisotopic (exact) mass is 848 g/mol. The third kappa shape index (κ3) is 7.54. The predicted molar refractivity (Wildman–Crippen MR) is 280 cm³/mol. The van der Waals surface area contributed by atoms with Crippen molar-refractivity contribution in [3.63, 3.8) is 0 Å². The first-order valence-corrected chi connectivity index (χ1v) is 24.1. The SMILES string of the molecule is c1ccc(-c2cc(-c3ccccc3)cc(-c3cc4ccccc4c4c3C[N+]3(CCCCCCC3)Cc3c(-c5cc(-c6ccccc6)cc(-c6ccccc6)c5)cc5ccccc5c3-4)c2)cc1. The van der Waals surface area contributed by atoms with Crippen molar-refractivity contribution in [1.29, 1.82) is 0 Å². The van der Waals surface area contributed by atoms with Crippen molar-refractivity contribution in [2.45, 2.75) is 45.2 Å². The second-order valence-corrected chi connectivity index (χ2v) is 18.9. The molecule has 1 saturated heterocycles. The molecule has 0 saturated carbocycles. The zero-order valence-electron chi connectivity index (χ0n) is 37.6. The summed E-state index contributed by atoms with van der Waals surface area (Å²) in [5.74, 6) is 0. The quantitative estimate of drug-likeness (QED) is 0.146. The number of nitrogens with zero attached hydrogens (tertiary/aromatic N) is 1. The molecule has 318 valence electrons. The van der Waals surface area contributed by atoms with E-state index in [2.05, 4.69) is 218 Å². The van der Waals surface area contributed by atoms with Gasteiger partial charge in [0.15, 0.2) is 0 Å². The third-order valence-electron chi connectivity index (χ3n) is 14.7. The van der Waals surface area contributed by atoms with E-state index in [1.807, 2.05) is 0 Å². The molecule has 2 aliphatic heterocycles. The maximum Gasteiger partial charge on any atom is 0.106 e. The number of hydrogen-bond donors (Lipinski definition) is 0. The smallest absolute Gasteiger partial charge is 0.106 e. The third-order valence-corrected chi connectivity index (χ3v) is 14.7. The number of quaternary nitrogens is 1. The Hall–Kier alpha value is -7.32. The number of benzene rings is 10. The minimum Gasteiger partial charge on any atom is -0.316 e. The van der Waals surface area contributed by atoms with E-state index < -0.39 is 0 Å². The van der Waals surface area contributed by atoms with E-state index in [0.717, 1.165) is 17.6 Å². The molecule has 0 N–H and O–H groups in total. The van der Waals surface area contributed by atoms with E-state index >= 15 is 0 Å². The molecule has 0 bridgehead atoms. The van der Waals surface area contributed by atoms with Gasteiger partial charge in [-0.2, -0.15) is 0 Å². The Morgan fingerprint density at radius 1 is 0.258 bits per heavy atom. The fraction of sp³-hybridized carbons (Fsp3) is 0.138. The largest absolute Gasteiger partial charge is 0.316 e. The van der Waals surface area contributed by atoms with Crippen LogP contribution in [-0.4, -0.2) is 17.6 Å². The van der Waals surface area contributed by atoms with Gasteiger partial charge in [0.2, 0.25) is 0 Å². The number of hydrogen-bond acceptors (Lipinski definition) is 0. The lowest BCUT2D eigenvalue weighted by Gasteiger charge is -2.40. The molecule has 1 heteroatoms. The van der Waals surface area contributed by atoms with Gasteiger partial charge in [0.05, 0.1) is 13.1 Å². The molecule has 1 nitrogen and oxygen atoms in total. The second-order valence-electron chi connectivity index (χ2n) is 18.9. The van der Waals surface area contributed by atoms with Gasteiger partial charge >= 0.3 is 0 Å². The average molecular weight is 849 g/mol. The van der Waals surface area contributed by atoms with E-state index in [-0.39, 0.29) is 0 Å². The Morgan fingerprint density at radius 2 is 0.561 bits per heavy atom. The van der Waals surface area contributed by atoms with Crippen LogP contribution in [0.5, 0.6) is 0 Å². The highest BCUT2D eigenvalue weighted by atomic mass is 15.4. The molecule has 0 amide bonds. The van der Waals surface area contributed by atoms with E-state index in [4.69, 9.17) is 0 Å². The first kappa shape index (κ1) is 40.2. The van der Waals surface area contributed by atoms with Crippen molar-refractivity contribution in [3.8, 4) is 77.9 Å². The Bertz CT molecular complexity index is 3030. The highest BCUT2D eigenvalue weighted by Gasteiger charge is 2.38. The summed E-state index contributed by atoms with van der Waals surface area (Å²) in [6, 6.07) is 82.2. The zero-order chi connectivity index (χ0) is 43.9. The van der Waals surface area contributed by atoms with Gasteiger partial charge in [0.1, 0.15) is 13.1 Å². The Kier molecular flexibility index (Phi) is 10.5. The van der Waals surface area contributed by atoms with Crippen LogP contribution < -0.4 is 0 Å². The summed E-state index contributed by atoms with van der Waals surface area (Å²) in [5, 5.41) is 5.27. The lowest BCUT2D eigenvalue weighted by atomic mass is 9.81. The van der Waals surface area contributed by atoms with Gasteiger partial charge in [-0.25, -0.2) is 0 Å². The van der Waals surface area contributed by atoms with Crippen molar-refractivity contribution >= 4 is 21.5 Å². The maximum absolute atomic E-state index is 2.54. The normalized spacial score (nSPS) is 14.5. The van der Waals surface area contributed by atoms with Crippen molar-refractivity contribution < 1.29 is 4.48 Å². The van der Waals surface area contributed by atoms with Crippen LogP contribution in [0.3, 0.4) is 0 Å². The standard InChI is InChI=1S/C65H54N/c1-2-20-34-66(35-21-3-1)44-62-60(56-38-52(46-22-8-4-9-23-46)36-53(39-56)47-24-10-5-11-25-47)42-50-30-16-18-32-58(50)64(62)65-59-33-19-17-31-51(59)43-61(63(65)45-66)57-40-54(48-26-12-6-13-27-48)37-55(41-57)49-28-14-7-15-29-49/h4-19,22-33,36-43H,1-3,20-21,34-35,44-45H2/q+1. The van der Waals surface area contributed by atoms with Gasteiger partial charge in [-0.3, -0.25) is 0 Å². The first-order valence-electron chi connectivity index (χ1n) is 24.1. The highest BCUT2D eigenvalue weighted by molar-refractivity contribution is 6.12. The molecule has 66 heavy (non-hydrogen) atoms. The topological polar surface area (TPSA) is 0 Å². The van der Waals surface area contributed by atoms with Crippen LogP contribution >= 0.6 is 0 Å².